The second-order valence-electron chi connectivity index (χ2n) is 13.5. The predicted molar refractivity (Wildman–Crippen MR) is 223 cm³/mol. The van der Waals surface area contributed by atoms with Crippen LogP contribution in [0, 0.1) is 0 Å². The van der Waals surface area contributed by atoms with Gasteiger partial charge in [-0.2, -0.15) is 0 Å². The molecular weight excluding hydrogens is 657 g/mol. The molecule has 54 heavy (non-hydrogen) atoms. The van der Waals surface area contributed by atoms with E-state index in [1.54, 1.807) is 0 Å². The van der Waals surface area contributed by atoms with Crippen LogP contribution in [-0.2, 0) is 0 Å². The van der Waals surface area contributed by atoms with Gasteiger partial charge >= 0.3 is 0 Å². The second kappa shape index (κ2) is 13.4. The fraction of sp³-hybridized carbons (Fsp3) is 0. The van der Waals surface area contributed by atoms with Gasteiger partial charge in [-0.1, -0.05) is 188 Å². The molecule has 2 aromatic heterocycles. The Morgan fingerprint density at radius 1 is 0.241 bits per heavy atom. The minimum atomic E-state index is 0.647. The molecule has 0 aliphatic rings. The first-order chi connectivity index (χ1) is 26.7. The van der Waals surface area contributed by atoms with Crippen LogP contribution in [0.5, 0.6) is 0 Å². The smallest absolute Gasteiger partial charge is 0.164 e. The molecule has 0 aliphatic carbocycles. The summed E-state index contributed by atoms with van der Waals surface area (Å²) in [6.07, 6.45) is 0. The highest BCUT2D eigenvalue weighted by atomic mass is 15.0. The Hall–Kier alpha value is -7.30. The molecule has 10 rings (SSSR count). The van der Waals surface area contributed by atoms with E-state index in [0.717, 1.165) is 55.7 Å². The van der Waals surface area contributed by atoms with Gasteiger partial charge in [0.05, 0.1) is 11.2 Å². The van der Waals surface area contributed by atoms with Crippen molar-refractivity contribution in [3.63, 3.8) is 0 Å². The van der Waals surface area contributed by atoms with Crippen LogP contribution < -0.4 is 0 Å². The van der Waals surface area contributed by atoms with Crippen molar-refractivity contribution in [3.05, 3.63) is 194 Å². The fourth-order valence-corrected chi connectivity index (χ4v) is 7.37. The number of fused-ring (bicyclic) bond motifs is 5. The van der Waals surface area contributed by atoms with E-state index in [9.17, 15) is 0 Å². The highest BCUT2D eigenvalue weighted by Gasteiger charge is 2.15. The van der Waals surface area contributed by atoms with E-state index >= 15 is 0 Å². The van der Waals surface area contributed by atoms with Crippen LogP contribution in [0.1, 0.15) is 0 Å². The largest absolute Gasteiger partial charge is 0.247 e. The molecule has 0 bridgehead atoms. The van der Waals surface area contributed by atoms with Crippen LogP contribution in [0.4, 0.5) is 0 Å². The van der Waals surface area contributed by atoms with Crippen molar-refractivity contribution < 1.29 is 0 Å². The normalized spacial score (nSPS) is 11.3. The van der Waals surface area contributed by atoms with E-state index in [2.05, 4.69) is 133 Å². The molecule has 0 saturated carbocycles. The Labute approximate surface area is 313 Å². The minimum absolute atomic E-state index is 0.647. The summed E-state index contributed by atoms with van der Waals surface area (Å²) >= 11 is 0. The first-order valence-electron chi connectivity index (χ1n) is 18.1. The van der Waals surface area contributed by atoms with Gasteiger partial charge < -0.3 is 0 Å². The van der Waals surface area contributed by atoms with Gasteiger partial charge in [-0.05, 0) is 39.1 Å². The van der Waals surface area contributed by atoms with Crippen LogP contribution in [0.2, 0.25) is 0 Å². The lowest BCUT2D eigenvalue weighted by atomic mass is 9.94. The summed E-state index contributed by atoms with van der Waals surface area (Å²) < 4.78 is 0. The first kappa shape index (κ1) is 31.4. The lowest BCUT2D eigenvalue weighted by Crippen LogP contribution is -2.00. The van der Waals surface area contributed by atoms with Crippen molar-refractivity contribution in [3.8, 4) is 67.7 Å². The molecule has 0 spiro atoms. The Morgan fingerprint density at radius 3 is 1.19 bits per heavy atom. The Bertz CT molecular complexity index is 2870. The van der Waals surface area contributed by atoms with E-state index in [4.69, 9.17) is 19.9 Å². The number of hydrogen-bond acceptors (Lipinski definition) is 4. The summed E-state index contributed by atoms with van der Waals surface area (Å²) in [6.45, 7) is 0. The van der Waals surface area contributed by atoms with Crippen molar-refractivity contribution >= 4 is 32.4 Å². The first-order valence-corrected chi connectivity index (χ1v) is 18.1. The van der Waals surface area contributed by atoms with Gasteiger partial charge in [0, 0.05) is 38.4 Å². The number of pyridine rings is 1. The maximum Gasteiger partial charge on any atom is 0.164 e. The molecule has 4 nitrogen and oxygen atoms in total. The SMILES string of the molecule is c1ccc(-c2nc(-c3ccccc3)nc(-c3ccc(-c4ccc(-c5ccc(-c6nc7ccccc7c7c6ccc6ccccc67)cc5)cc4)cc3)n2)cc1. The Morgan fingerprint density at radius 2 is 0.648 bits per heavy atom. The minimum Gasteiger partial charge on any atom is -0.247 e. The summed E-state index contributed by atoms with van der Waals surface area (Å²) in [5.74, 6) is 1.96. The highest BCUT2D eigenvalue weighted by molar-refractivity contribution is 6.22. The molecule has 4 heteroatoms. The molecule has 0 amide bonds. The number of nitrogens with zero attached hydrogens (tertiary/aromatic N) is 4. The van der Waals surface area contributed by atoms with Crippen LogP contribution in [0.25, 0.3) is 100 Å². The summed E-state index contributed by atoms with van der Waals surface area (Å²) in [5.41, 5.74) is 10.6. The average Bonchev–Trinajstić information content (AvgIpc) is 3.26. The molecule has 0 unspecified atom stereocenters. The summed E-state index contributed by atoms with van der Waals surface area (Å²) in [7, 11) is 0. The third-order valence-corrected chi connectivity index (χ3v) is 10.1. The van der Waals surface area contributed by atoms with Crippen LogP contribution in [0.15, 0.2) is 194 Å². The molecule has 8 aromatic carbocycles. The molecule has 252 valence electrons. The van der Waals surface area contributed by atoms with Crippen molar-refractivity contribution in [1.29, 1.82) is 0 Å². The van der Waals surface area contributed by atoms with Gasteiger partial charge in [-0.25, -0.2) is 19.9 Å². The quantitative estimate of drug-likeness (QED) is 0.163. The van der Waals surface area contributed by atoms with Crippen LogP contribution in [-0.4, -0.2) is 19.9 Å². The van der Waals surface area contributed by atoms with Crippen LogP contribution in [0.3, 0.4) is 0 Å². The van der Waals surface area contributed by atoms with Gasteiger partial charge in [-0.15, -0.1) is 0 Å². The van der Waals surface area contributed by atoms with Crippen molar-refractivity contribution in [2.24, 2.45) is 0 Å². The van der Waals surface area contributed by atoms with Gasteiger partial charge in [0.2, 0.25) is 0 Å². The molecule has 0 radical (unpaired) electrons. The number of benzene rings is 8. The number of rotatable bonds is 6. The van der Waals surface area contributed by atoms with Gasteiger partial charge in [0.15, 0.2) is 17.5 Å². The molecule has 0 fully saturated rings. The van der Waals surface area contributed by atoms with E-state index in [-0.39, 0.29) is 0 Å². The molecular formula is C50H32N4. The third-order valence-electron chi connectivity index (χ3n) is 10.1. The maximum absolute atomic E-state index is 5.18. The summed E-state index contributed by atoms with van der Waals surface area (Å²) in [4.78, 5) is 19.8. The molecule has 0 saturated heterocycles. The topological polar surface area (TPSA) is 51.6 Å². The van der Waals surface area contributed by atoms with E-state index in [1.165, 1.54) is 26.9 Å². The van der Waals surface area contributed by atoms with E-state index < -0.39 is 0 Å². The molecule has 10 aromatic rings. The van der Waals surface area contributed by atoms with Crippen LogP contribution >= 0.6 is 0 Å². The predicted octanol–water partition coefficient (Wildman–Crippen LogP) is 12.7. The van der Waals surface area contributed by atoms with Gasteiger partial charge in [0.1, 0.15) is 0 Å². The molecule has 2 heterocycles. The maximum atomic E-state index is 5.18. The van der Waals surface area contributed by atoms with Crippen molar-refractivity contribution in [1.82, 2.24) is 19.9 Å². The highest BCUT2D eigenvalue weighted by Crippen LogP contribution is 2.38. The van der Waals surface area contributed by atoms with Crippen molar-refractivity contribution in [2.75, 3.05) is 0 Å². The van der Waals surface area contributed by atoms with E-state index in [1.807, 2.05) is 60.7 Å². The monoisotopic (exact) mass is 688 g/mol. The molecule has 0 aliphatic heterocycles. The lowest BCUT2D eigenvalue weighted by Gasteiger charge is -2.13. The lowest BCUT2D eigenvalue weighted by molar-refractivity contribution is 1.07. The fourth-order valence-electron chi connectivity index (χ4n) is 7.37. The van der Waals surface area contributed by atoms with E-state index in [0.29, 0.717) is 17.5 Å². The van der Waals surface area contributed by atoms with Gasteiger partial charge in [-0.3, -0.25) is 0 Å². The summed E-state index contributed by atoms with van der Waals surface area (Å²) in [6, 6.07) is 67.6. The number of aromatic nitrogens is 4. The Kier molecular flexibility index (Phi) is 7.77. The zero-order chi connectivity index (χ0) is 35.8. The number of para-hydroxylation sites is 1. The summed E-state index contributed by atoms with van der Waals surface area (Å²) in [5, 5.41) is 6.09. The van der Waals surface area contributed by atoms with Gasteiger partial charge in [0.25, 0.3) is 0 Å². The average molecular weight is 689 g/mol. The standard InChI is InChI=1S/C50H32N4/c1-3-12-39(13-4-1)48-52-49(40-14-5-2-6-15-40)54-50(53-48)41-29-25-36(26-30-41)34-21-19-33(20-22-34)35-23-27-38(28-24-35)47-44-32-31-37-11-7-8-16-42(37)46(44)43-17-9-10-18-45(43)51-47/h1-32H. The third kappa shape index (κ3) is 5.76. The number of hydrogen-bond donors (Lipinski definition) is 0. The molecule has 0 atom stereocenters. The zero-order valence-electron chi connectivity index (χ0n) is 29.3. The zero-order valence-corrected chi connectivity index (χ0v) is 29.3. The van der Waals surface area contributed by atoms with Crippen molar-refractivity contribution in [2.45, 2.75) is 0 Å². The second-order valence-corrected chi connectivity index (χ2v) is 13.5. The molecule has 0 N–H and O–H groups in total. The Balaban J connectivity index is 0.938.